The number of aryl methyl sites for hydroxylation is 1. The number of hydrogen-bond donors (Lipinski definition) is 4. The van der Waals surface area contributed by atoms with Gasteiger partial charge in [-0.2, -0.15) is 0 Å². The molecule has 5 aliphatic rings. The van der Waals surface area contributed by atoms with E-state index >= 15 is 4.39 Å². The molecule has 15 heteroatoms. The van der Waals surface area contributed by atoms with Crippen molar-refractivity contribution >= 4 is 64.0 Å². The van der Waals surface area contributed by atoms with Crippen LogP contribution in [0.4, 0.5) is 15.8 Å². The van der Waals surface area contributed by atoms with E-state index in [0.717, 1.165) is 43.2 Å². The number of carbonyl (C=O) groups excluding carboxylic acids is 5. The Kier molecular flexibility index (Phi) is 13.7. The monoisotopic (exact) mass is 949 g/mol. The molecule has 0 radical (unpaired) electrons. The second kappa shape index (κ2) is 19.7. The smallest absolute Gasteiger partial charge is 0.255 e. The van der Waals surface area contributed by atoms with Crippen LogP contribution in [0.5, 0.6) is 0 Å². The van der Waals surface area contributed by atoms with Crippen molar-refractivity contribution in [1.29, 1.82) is 0 Å². The molecule has 2 saturated heterocycles. The maximum atomic E-state index is 16.2. The lowest BCUT2D eigenvalue weighted by Crippen LogP contribution is -2.60. The van der Waals surface area contributed by atoms with Crippen molar-refractivity contribution in [3.63, 3.8) is 0 Å². The summed E-state index contributed by atoms with van der Waals surface area (Å²) in [4.78, 5) is 69.7. The zero-order valence-electron chi connectivity index (χ0n) is 37.2. The Hall–Kier alpha value is -5.44. The number of hydrogen-bond acceptors (Lipinski definition) is 8. The molecule has 4 heterocycles. The topological polar surface area (TPSA) is 155 Å². The molecule has 1 unspecified atom stereocenters. The van der Waals surface area contributed by atoms with Crippen LogP contribution in [0.15, 0.2) is 91.1 Å². The maximum Gasteiger partial charge on any atom is 0.255 e. The molecular formula is C52H54Cl2FN5O7. The summed E-state index contributed by atoms with van der Waals surface area (Å²) >= 11 is 12.8. The highest BCUT2D eigenvalue weighted by molar-refractivity contribution is 6.31. The van der Waals surface area contributed by atoms with Crippen LogP contribution in [-0.2, 0) is 42.2 Å². The lowest BCUT2D eigenvalue weighted by atomic mass is 9.55. The van der Waals surface area contributed by atoms with Crippen LogP contribution in [0.2, 0.25) is 10.0 Å². The molecule has 3 fully saturated rings. The number of nitrogens with zero attached hydrogens (tertiary/aromatic N) is 1. The number of ketones is 1. The van der Waals surface area contributed by atoms with Crippen molar-refractivity contribution in [3.05, 3.63) is 140 Å². The number of allylic oxidation sites excluding steroid dienone is 1. The van der Waals surface area contributed by atoms with Gasteiger partial charge in [-0.3, -0.25) is 29.3 Å². The van der Waals surface area contributed by atoms with Gasteiger partial charge in [0.15, 0.2) is 5.78 Å². The minimum atomic E-state index is -1.35. The maximum absolute atomic E-state index is 16.2. The third-order valence-electron chi connectivity index (χ3n) is 14.4. The van der Waals surface area contributed by atoms with Gasteiger partial charge in [0.2, 0.25) is 17.7 Å². The van der Waals surface area contributed by atoms with Crippen molar-refractivity contribution < 1.29 is 37.8 Å². The van der Waals surface area contributed by atoms with Gasteiger partial charge in [-0.25, -0.2) is 4.39 Å². The fourth-order valence-corrected chi connectivity index (χ4v) is 11.7. The molecule has 4 N–H and O–H groups in total. The van der Waals surface area contributed by atoms with Gasteiger partial charge in [0.25, 0.3) is 5.91 Å². The predicted octanol–water partition coefficient (Wildman–Crippen LogP) is 8.80. The second-order valence-corrected chi connectivity index (χ2v) is 19.1. The molecule has 1 aliphatic carbocycles. The van der Waals surface area contributed by atoms with Crippen LogP contribution in [-0.4, -0.2) is 78.4 Å². The zero-order valence-corrected chi connectivity index (χ0v) is 38.7. The van der Waals surface area contributed by atoms with E-state index in [0.29, 0.717) is 104 Å². The second-order valence-electron chi connectivity index (χ2n) is 18.3. The summed E-state index contributed by atoms with van der Waals surface area (Å²) in [5, 5.41) is 12.8. The highest BCUT2D eigenvalue weighted by Crippen LogP contribution is 2.63. The molecule has 4 aromatic rings. The molecule has 4 amide bonds. The van der Waals surface area contributed by atoms with Gasteiger partial charge < -0.3 is 30.3 Å². The number of fused-ring (bicyclic) bond motifs is 4. The largest absolute Gasteiger partial charge is 0.379 e. The Balaban J connectivity index is 0.752. The normalized spacial score (nSPS) is 22.8. The SMILES string of the molecule is C=C1CCC(N2Cc3c(CCCOCCOCCCC(=O)c4ccc(NC(=O)[C@@H]5NC6(CCCCC6)[C@@]6(C(=O)Nc7cc(Cl)ccc76)[C@H]5c5cccc(Cl)c5F)cc4)cccc3C2=O)C(=O)N1. The highest BCUT2D eigenvalue weighted by atomic mass is 35.5. The van der Waals surface area contributed by atoms with Crippen LogP contribution in [0.25, 0.3) is 0 Å². The van der Waals surface area contributed by atoms with E-state index < -0.39 is 40.7 Å². The quantitative estimate of drug-likeness (QED) is 0.0642. The Morgan fingerprint density at radius 1 is 0.881 bits per heavy atom. The van der Waals surface area contributed by atoms with Crippen LogP contribution in [0.3, 0.4) is 0 Å². The first kappa shape index (κ1) is 46.7. The Labute approximate surface area is 399 Å². The van der Waals surface area contributed by atoms with E-state index in [1.54, 1.807) is 53.4 Å². The van der Waals surface area contributed by atoms with E-state index in [2.05, 4.69) is 27.8 Å². The molecule has 0 aromatic heterocycles. The van der Waals surface area contributed by atoms with E-state index in [9.17, 15) is 24.0 Å². The van der Waals surface area contributed by atoms with Crippen molar-refractivity contribution in [2.45, 2.75) is 106 Å². The molecule has 4 aromatic carbocycles. The summed E-state index contributed by atoms with van der Waals surface area (Å²) in [6.07, 6.45) is 7.35. The van der Waals surface area contributed by atoms with E-state index in [1.165, 1.54) is 6.07 Å². The van der Waals surface area contributed by atoms with Crippen LogP contribution in [0, 0.1) is 5.82 Å². The summed E-state index contributed by atoms with van der Waals surface area (Å²) in [5.74, 6) is -2.75. The molecule has 4 atom stereocenters. The van der Waals surface area contributed by atoms with Crippen molar-refractivity contribution in [1.82, 2.24) is 15.5 Å². The molecule has 0 bridgehead atoms. The summed E-state index contributed by atoms with van der Waals surface area (Å²) in [7, 11) is 0. The lowest BCUT2D eigenvalue weighted by Gasteiger charge is -2.47. The number of ether oxygens (including phenoxy) is 2. The van der Waals surface area contributed by atoms with Gasteiger partial charge in [-0.1, -0.05) is 79.4 Å². The van der Waals surface area contributed by atoms with Gasteiger partial charge in [-0.05, 0) is 116 Å². The first-order chi connectivity index (χ1) is 32.4. The number of nitrogens with one attached hydrogen (secondary N) is 4. The summed E-state index contributed by atoms with van der Waals surface area (Å²) in [6, 6.07) is 20.9. The first-order valence-electron chi connectivity index (χ1n) is 23.2. The number of Topliss-reactive ketones (excluding diaryl/α,β-unsaturated/α-hetero) is 1. The van der Waals surface area contributed by atoms with E-state index in [4.69, 9.17) is 32.7 Å². The highest BCUT2D eigenvalue weighted by Gasteiger charge is 2.72. The van der Waals surface area contributed by atoms with Gasteiger partial charge in [0.1, 0.15) is 17.3 Å². The first-order valence-corrected chi connectivity index (χ1v) is 24.0. The fraction of sp³-hybridized carbons (Fsp3) is 0.404. The Morgan fingerprint density at radius 2 is 1.63 bits per heavy atom. The number of anilines is 2. The standard InChI is InChI=1S/C52H54Cl2FN5O7/c1-31-15-22-42(47(62)56-31)60-30-38-32(9-5-11-36(38)49(60)64)10-7-25-66-27-28-67-26-8-14-43(61)33-16-19-35(20-17-33)57-48(63)46-44(37-12-6-13-40(54)45(37)55)52(51(59-46)23-3-2-4-24-51)39-21-18-34(53)29-41(39)58-50(52)65/h5-6,9,11-13,16-21,29,42,44,46,59H,1-4,7-8,10,14-15,22-28,30H2,(H,56,62)(H,57,63)(H,58,65)/t42?,44-,46+,52+/m0/s1. The molecule has 12 nitrogen and oxygen atoms in total. The molecule has 4 aliphatic heterocycles. The van der Waals surface area contributed by atoms with Gasteiger partial charge in [0.05, 0.1) is 24.3 Å². The average Bonchev–Trinajstić information content (AvgIpc) is 3.91. The number of rotatable bonds is 16. The third-order valence-corrected chi connectivity index (χ3v) is 14.9. The summed E-state index contributed by atoms with van der Waals surface area (Å²) < 4.78 is 27.8. The molecule has 9 rings (SSSR count). The minimum Gasteiger partial charge on any atom is -0.379 e. The zero-order chi connectivity index (χ0) is 46.9. The van der Waals surface area contributed by atoms with Crippen molar-refractivity contribution in [3.8, 4) is 0 Å². The minimum absolute atomic E-state index is 0.0657. The fourth-order valence-electron chi connectivity index (χ4n) is 11.3. The summed E-state index contributed by atoms with van der Waals surface area (Å²) in [5.41, 5.74) is 3.52. The van der Waals surface area contributed by atoms with E-state index in [1.807, 2.05) is 24.3 Å². The van der Waals surface area contributed by atoms with Gasteiger partial charge in [-0.15, -0.1) is 0 Å². The van der Waals surface area contributed by atoms with Crippen LogP contribution >= 0.6 is 23.2 Å². The third kappa shape index (κ3) is 8.81. The number of piperidine rings is 1. The van der Waals surface area contributed by atoms with Crippen LogP contribution < -0.4 is 21.3 Å². The van der Waals surface area contributed by atoms with Gasteiger partial charge >= 0.3 is 0 Å². The number of carbonyl (C=O) groups is 5. The predicted molar refractivity (Wildman–Crippen MR) is 254 cm³/mol. The van der Waals surface area contributed by atoms with Crippen molar-refractivity contribution in [2.24, 2.45) is 0 Å². The van der Waals surface area contributed by atoms with Crippen molar-refractivity contribution in [2.75, 3.05) is 37.1 Å². The lowest BCUT2D eigenvalue weighted by molar-refractivity contribution is -0.126. The van der Waals surface area contributed by atoms with Gasteiger partial charge in [0, 0.05) is 70.9 Å². The molecule has 2 spiro atoms. The molecular weight excluding hydrogens is 897 g/mol. The van der Waals surface area contributed by atoms with Crippen LogP contribution in [0.1, 0.15) is 113 Å². The Bertz CT molecular complexity index is 2620. The number of benzene rings is 4. The van der Waals surface area contributed by atoms with E-state index in [-0.39, 0.29) is 40.5 Å². The number of amides is 4. The average molecular weight is 951 g/mol. The molecule has 1 saturated carbocycles. The molecule has 350 valence electrons. The number of halogens is 3. The Morgan fingerprint density at radius 3 is 2.39 bits per heavy atom. The summed E-state index contributed by atoms with van der Waals surface area (Å²) in [6.45, 7) is 5.96. The molecule has 67 heavy (non-hydrogen) atoms.